The number of carbonyl (C=O) groups is 6. The van der Waals surface area contributed by atoms with E-state index in [1.54, 1.807) is 13.0 Å². The Labute approximate surface area is 481 Å². The van der Waals surface area contributed by atoms with Crippen molar-refractivity contribution in [2.24, 2.45) is 22.4 Å². The summed E-state index contributed by atoms with van der Waals surface area (Å²) in [5.74, 6) is -5.89. The van der Waals surface area contributed by atoms with E-state index in [1.165, 1.54) is 14.0 Å². The Balaban J connectivity index is 0.00000703. The number of Topliss-reactive ketones (excluding diaryl/α,β-unsaturated/α-hetero) is 1. The molecule has 3 amide bonds. The molecule has 0 aromatic carbocycles. The van der Waals surface area contributed by atoms with Gasteiger partial charge in [0.1, 0.15) is 0 Å². The molecule has 73 heavy (non-hydrogen) atoms. The summed E-state index contributed by atoms with van der Waals surface area (Å²) in [6, 6.07) is 5.50. The number of ether oxygens (including phenoxy) is 1. The van der Waals surface area contributed by atoms with E-state index in [9.17, 15) is 46.8 Å². The standard InChI is InChI=1S/C49H68N10O11S.K.Pd/c1-8-31-25(2)34-22-39-44(29(6)60)27(4)36(57-39)20-35-26(3)32(18-41(62)55-24-30(13-14-42(63)64)23-54-40(61)12-10-9-11-15-53-49(50)51)46(58-35)33(19-43(65)70-7)47-45(48(66)52-16-17-71(67,68)69)28(5)37(59-47)21-38(31)56-34;;/h20-22,25-26,30-32,57,59H,8-19,23-24H2,1-7H3,(H,52,66)(H,54,61)(H,55,62)(H,63,64)(H4,50,51,53)(H,67,68,69);;/q;+1;+2/t25-,26+,30?,31-,32+;;/m1../s1. The van der Waals surface area contributed by atoms with Crippen molar-refractivity contribution in [3.05, 3.63) is 68.8 Å². The third kappa shape index (κ3) is 17.1. The second-order valence-corrected chi connectivity index (χ2v) is 20.0. The number of esters is 1. The molecular weight excluding hydrogens is 1080 g/mol. The smallest absolute Gasteiger partial charge is 0.481 e. The van der Waals surface area contributed by atoms with Gasteiger partial charge in [-0.15, -0.1) is 0 Å². The summed E-state index contributed by atoms with van der Waals surface area (Å²) in [5, 5.41) is 17.9. The number of ketones is 1. The van der Waals surface area contributed by atoms with Gasteiger partial charge in [-0.1, -0.05) is 27.2 Å². The molecule has 0 radical (unpaired) electrons. The number of H-pyrrole nitrogens is 2. The minimum absolute atomic E-state index is 0. The summed E-state index contributed by atoms with van der Waals surface area (Å²) in [7, 11) is -3.24. The van der Waals surface area contributed by atoms with E-state index in [0.29, 0.717) is 70.4 Å². The number of aromatic nitrogens is 4. The summed E-state index contributed by atoms with van der Waals surface area (Å²) in [5.41, 5.74) is 16.5. The Morgan fingerprint density at radius 1 is 0.836 bits per heavy atom. The summed E-state index contributed by atoms with van der Waals surface area (Å²) in [6.45, 7) is 11.1. The molecule has 5 heterocycles. The number of nitrogens with one attached hydrogen (secondary N) is 5. The number of aliphatic carboxylic acids is 1. The number of hydrogen-bond donors (Lipinski definition) is 9. The fourth-order valence-corrected chi connectivity index (χ4v) is 9.74. The first-order chi connectivity index (χ1) is 33.5. The van der Waals surface area contributed by atoms with E-state index in [0.717, 1.165) is 12.1 Å². The van der Waals surface area contributed by atoms with Crippen molar-refractivity contribution in [3.63, 3.8) is 0 Å². The number of amides is 3. The van der Waals surface area contributed by atoms with Crippen molar-refractivity contribution >= 4 is 73.6 Å². The van der Waals surface area contributed by atoms with E-state index >= 15 is 0 Å². The van der Waals surface area contributed by atoms with Gasteiger partial charge in [-0.2, -0.15) is 8.42 Å². The second kappa shape index (κ2) is 28.5. The van der Waals surface area contributed by atoms with Gasteiger partial charge >= 0.3 is 83.7 Å². The molecule has 11 N–H and O–H groups in total. The average Bonchev–Trinajstić information content (AvgIpc) is 3.98. The third-order valence-electron chi connectivity index (χ3n) is 13.4. The molecule has 3 aromatic heterocycles. The van der Waals surface area contributed by atoms with Crippen molar-refractivity contribution < 1.29 is 123 Å². The van der Waals surface area contributed by atoms with Crippen LogP contribution in [0.1, 0.15) is 163 Å². The Morgan fingerprint density at radius 3 is 2.05 bits per heavy atom. The number of carbonyl (C=O) groups excluding carboxylic acids is 5. The minimum atomic E-state index is -4.45. The molecule has 0 aliphatic carbocycles. The van der Waals surface area contributed by atoms with Crippen molar-refractivity contribution in [2.45, 2.75) is 123 Å². The Bertz CT molecular complexity index is 2850. The molecule has 0 saturated heterocycles. The molecule has 0 spiro atoms. The fraction of sp³-hybridized carbons (Fsp3) is 0.531. The van der Waals surface area contributed by atoms with Gasteiger partial charge < -0.3 is 47.2 Å². The number of rotatable bonds is 23. The monoisotopic (exact) mass is 1150 g/mol. The number of carboxylic acid groups (broad SMARTS) is 1. The van der Waals surface area contributed by atoms with Crippen molar-refractivity contribution in [1.82, 2.24) is 35.9 Å². The maximum atomic E-state index is 14.3. The zero-order chi connectivity index (χ0) is 52.3. The topological polar surface area (TPSA) is 344 Å². The number of hydrogen-bond acceptors (Lipinski definition) is 12. The third-order valence-corrected chi connectivity index (χ3v) is 14.1. The summed E-state index contributed by atoms with van der Waals surface area (Å²) in [4.78, 5) is 101. The van der Waals surface area contributed by atoms with Crippen LogP contribution in [0.25, 0.3) is 22.1 Å². The molecule has 1 unspecified atom stereocenters. The van der Waals surface area contributed by atoms with Gasteiger partial charge in [-0.25, -0.2) is 0 Å². The van der Waals surface area contributed by atoms with E-state index in [2.05, 4.69) is 37.8 Å². The van der Waals surface area contributed by atoms with Gasteiger partial charge in [0.15, 0.2) is 11.7 Å². The van der Waals surface area contributed by atoms with Crippen LogP contribution in [0.15, 0.2) is 23.2 Å². The first-order valence-corrected chi connectivity index (χ1v) is 25.5. The van der Waals surface area contributed by atoms with Crippen LogP contribution in [0.5, 0.6) is 0 Å². The molecule has 3 aromatic rings. The van der Waals surface area contributed by atoms with Crippen LogP contribution in [0, 0.1) is 19.8 Å². The van der Waals surface area contributed by atoms with Gasteiger partial charge in [0.05, 0.1) is 41.6 Å². The zero-order valence-corrected chi connectivity index (χ0v) is 48.3. The van der Waals surface area contributed by atoms with Gasteiger partial charge in [0, 0.05) is 108 Å². The molecule has 5 rings (SSSR count). The Hall–Kier alpha value is -4.38. The number of nitrogens with two attached hydrogens (primary N) is 2. The number of methoxy groups -OCH3 is 1. The molecule has 5 atom stereocenters. The van der Waals surface area contributed by atoms with E-state index < -0.39 is 70.3 Å². The van der Waals surface area contributed by atoms with Crippen molar-refractivity contribution in [3.8, 4) is 0 Å². The Kier molecular flexibility index (Phi) is 24.6. The predicted molar refractivity (Wildman–Crippen MR) is 268 cm³/mol. The van der Waals surface area contributed by atoms with Crippen molar-refractivity contribution in [2.75, 3.05) is 39.0 Å². The maximum Gasteiger partial charge on any atom is 2.00 e. The van der Waals surface area contributed by atoms with Crippen LogP contribution in [-0.4, -0.2) is 118 Å². The quantitative estimate of drug-likeness (QED) is 0.0124. The normalized spacial score (nSPS) is 16.5. The molecule has 394 valence electrons. The van der Waals surface area contributed by atoms with Crippen LogP contribution in [0.2, 0.25) is 0 Å². The molecule has 2 aliphatic heterocycles. The number of carboxylic acids is 1. The first-order valence-electron chi connectivity index (χ1n) is 23.9. The predicted octanol–water partition coefficient (Wildman–Crippen LogP) is 1.59. The van der Waals surface area contributed by atoms with Gasteiger partial charge in [0.2, 0.25) is 11.8 Å². The molecule has 0 saturated carbocycles. The van der Waals surface area contributed by atoms with Crippen LogP contribution in [0.4, 0.5) is 0 Å². The maximum absolute atomic E-state index is 14.3. The summed E-state index contributed by atoms with van der Waals surface area (Å²) >= 11 is 0. The largest absolute Gasteiger partial charge is 2.00 e. The number of nitrogens with zero attached hydrogens (tertiary/aromatic N) is 3. The minimum Gasteiger partial charge on any atom is -0.481 e. The van der Waals surface area contributed by atoms with E-state index in [1.807, 2.05) is 32.9 Å². The molecule has 21 nitrogen and oxygen atoms in total. The second-order valence-electron chi connectivity index (χ2n) is 18.4. The fourth-order valence-electron chi connectivity index (χ4n) is 9.38. The molecular formula is C49H68KN10O11PdS+3. The van der Waals surface area contributed by atoms with Gasteiger partial charge in [0.25, 0.3) is 16.0 Å². The first kappa shape index (κ1) is 62.9. The number of unbranched alkanes of at least 4 members (excludes halogenated alkanes) is 2. The number of aryl methyl sites for hydroxylation is 2. The molecule has 2 aliphatic rings. The van der Waals surface area contributed by atoms with Gasteiger partial charge in [-0.05, 0) is 81.7 Å². The molecule has 24 heteroatoms. The van der Waals surface area contributed by atoms with Crippen LogP contribution in [0.3, 0.4) is 0 Å². The van der Waals surface area contributed by atoms with Crippen molar-refractivity contribution in [1.29, 1.82) is 0 Å². The summed E-state index contributed by atoms with van der Waals surface area (Å²) in [6.07, 6.45) is 2.28. The van der Waals surface area contributed by atoms with Crippen LogP contribution < -0.4 is 78.8 Å². The SMILES string of the molecule is CC[C@H]1c2cc3[nH]c(c(CC(=O)OC)c4nc(cc5[nH]c(cc(n2)[C@@H]1C)c(C(C)=O)c5C)[C@@H](C)[C@@H]4CC(=O)NCC(CCC(=O)O)CNC(=O)CCCCCN=C(N)N)c(C(=O)NCCS(=O)(=O)O)c3C.[K+].[Pd+2]. The summed E-state index contributed by atoms with van der Waals surface area (Å²) < 4.78 is 38.0. The number of aliphatic imine (C=N–C) groups is 1. The average molecular weight is 1150 g/mol. The molecule has 8 bridgehead atoms. The van der Waals surface area contributed by atoms with Crippen LogP contribution >= 0.6 is 0 Å². The van der Waals surface area contributed by atoms with Gasteiger partial charge in [-0.3, -0.25) is 48.3 Å². The van der Waals surface area contributed by atoms with Crippen LogP contribution in [-0.2, 0) is 60.9 Å². The van der Waals surface area contributed by atoms with E-state index in [-0.39, 0.29) is 162 Å². The Morgan fingerprint density at radius 2 is 1.44 bits per heavy atom. The van der Waals surface area contributed by atoms with E-state index in [4.69, 9.17) is 26.2 Å². The number of aromatic amines is 2. The number of guanidine groups is 1. The zero-order valence-electron chi connectivity index (χ0n) is 42.8. The number of fused-ring (bicyclic) bond motifs is 8. The molecule has 0 fully saturated rings.